The molecule has 1 fully saturated rings. The molecule has 0 saturated heterocycles. The highest BCUT2D eigenvalue weighted by molar-refractivity contribution is 7.92. The molecule has 1 unspecified atom stereocenters. The first-order valence-electron chi connectivity index (χ1n) is 15.3. The highest BCUT2D eigenvalue weighted by atomic mass is 35.5. The summed E-state index contributed by atoms with van der Waals surface area (Å²) in [6.45, 7) is -0.440. The van der Waals surface area contributed by atoms with E-state index < -0.39 is 28.5 Å². The second-order valence-corrected chi connectivity index (χ2v) is 13.7. The van der Waals surface area contributed by atoms with Crippen molar-refractivity contribution in [2.24, 2.45) is 0 Å². The van der Waals surface area contributed by atoms with Gasteiger partial charge in [-0.05, 0) is 66.4 Å². The lowest BCUT2D eigenvalue weighted by atomic mass is 10.0. The summed E-state index contributed by atoms with van der Waals surface area (Å²) >= 11 is 6.31. The molecule has 0 bridgehead atoms. The van der Waals surface area contributed by atoms with Crippen LogP contribution in [0.25, 0.3) is 0 Å². The first kappa shape index (κ1) is 33.0. The van der Waals surface area contributed by atoms with E-state index in [1.807, 2.05) is 60.7 Å². The third-order valence-corrected chi connectivity index (χ3v) is 10.2. The van der Waals surface area contributed by atoms with Crippen LogP contribution in [-0.4, -0.2) is 50.9 Å². The standard InChI is InChI=1S/C36H38ClN3O5S/c1-45-32-19-21-33(22-20-32)46(43,44)40(31-18-10-15-29(37)24-31)26-35(41)39(25-28-13-6-3-7-14-28)34(23-27-11-4-2-5-12-27)36(42)38-30-16-8-9-17-30/h2-7,10-15,18-22,24,30,34H,8-9,16-17,23,25-26H2,1H3,(H,38,42). The number of halogens is 1. The Hall–Kier alpha value is -4.34. The normalized spacial score (nSPS) is 14.0. The number of methoxy groups -OCH3 is 1. The Labute approximate surface area is 276 Å². The molecule has 1 aliphatic carbocycles. The van der Waals surface area contributed by atoms with Crippen molar-refractivity contribution in [2.75, 3.05) is 18.0 Å². The fourth-order valence-corrected chi connectivity index (χ4v) is 7.33. The number of amides is 2. The molecule has 46 heavy (non-hydrogen) atoms. The Bertz CT molecular complexity index is 1710. The Morgan fingerprint density at radius 3 is 2.11 bits per heavy atom. The van der Waals surface area contributed by atoms with E-state index in [4.69, 9.17) is 16.3 Å². The van der Waals surface area contributed by atoms with Gasteiger partial charge in [0.05, 0.1) is 17.7 Å². The maximum Gasteiger partial charge on any atom is 0.264 e. The van der Waals surface area contributed by atoms with E-state index in [-0.39, 0.29) is 35.5 Å². The maximum absolute atomic E-state index is 14.6. The number of sulfonamides is 1. The van der Waals surface area contributed by atoms with E-state index in [0.29, 0.717) is 10.8 Å². The molecule has 0 spiro atoms. The molecule has 8 nitrogen and oxygen atoms in total. The highest BCUT2D eigenvalue weighted by Crippen LogP contribution is 2.28. The summed E-state index contributed by atoms with van der Waals surface area (Å²) < 4.78 is 34.6. The monoisotopic (exact) mass is 659 g/mol. The van der Waals surface area contributed by atoms with Crippen molar-refractivity contribution < 1.29 is 22.7 Å². The second kappa shape index (κ2) is 15.3. The van der Waals surface area contributed by atoms with Gasteiger partial charge in [0.1, 0.15) is 18.3 Å². The van der Waals surface area contributed by atoms with Gasteiger partial charge in [0.15, 0.2) is 0 Å². The summed E-state index contributed by atoms with van der Waals surface area (Å²) in [6, 6.07) is 30.4. The molecule has 0 radical (unpaired) electrons. The minimum Gasteiger partial charge on any atom is -0.497 e. The number of carbonyl (C=O) groups is 2. The lowest BCUT2D eigenvalue weighted by Gasteiger charge is -2.34. The summed E-state index contributed by atoms with van der Waals surface area (Å²) in [5.41, 5.74) is 1.93. The van der Waals surface area contributed by atoms with Gasteiger partial charge in [0.2, 0.25) is 11.8 Å². The van der Waals surface area contributed by atoms with Crippen LogP contribution in [0.4, 0.5) is 5.69 Å². The predicted molar refractivity (Wildman–Crippen MR) is 180 cm³/mol. The van der Waals surface area contributed by atoms with Crippen molar-refractivity contribution in [1.29, 1.82) is 0 Å². The molecule has 0 heterocycles. The van der Waals surface area contributed by atoms with Gasteiger partial charge < -0.3 is 15.0 Å². The van der Waals surface area contributed by atoms with Crippen molar-refractivity contribution >= 4 is 39.1 Å². The van der Waals surface area contributed by atoms with Crippen LogP contribution < -0.4 is 14.4 Å². The van der Waals surface area contributed by atoms with Gasteiger partial charge in [-0.25, -0.2) is 8.42 Å². The van der Waals surface area contributed by atoms with Crippen LogP contribution in [0.2, 0.25) is 5.02 Å². The van der Waals surface area contributed by atoms with Crippen LogP contribution in [0.3, 0.4) is 0 Å². The summed E-state index contributed by atoms with van der Waals surface area (Å²) in [4.78, 5) is 30.1. The zero-order valence-electron chi connectivity index (χ0n) is 25.7. The molecule has 1 saturated carbocycles. The van der Waals surface area contributed by atoms with Gasteiger partial charge in [0.25, 0.3) is 10.0 Å². The smallest absolute Gasteiger partial charge is 0.264 e. The van der Waals surface area contributed by atoms with E-state index in [1.54, 1.807) is 30.3 Å². The maximum atomic E-state index is 14.6. The van der Waals surface area contributed by atoms with Crippen molar-refractivity contribution in [3.05, 3.63) is 125 Å². The molecule has 2 amide bonds. The van der Waals surface area contributed by atoms with Crippen molar-refractivity contribution in [1.82, 2.24) is 10.2 Å². The van der Waals surface area contributed by atoms with Crippen LogP contribution in [0.5, 0.6) is 5.75 Å². The van der Waals surface area contributed by atoms with Gasteiger partial charge in [-0.2, -0.15) is 0 Å². The second-order valence-electron chi connectivity index (χ2n) is 11.4. The van der Waals surface area contributed by atoms with Gasteiger partial charge in [0, 0.05) is 24.0 Å². The number of carbonyl (C=O) groups excluding carboxylic acids is 2. The number of nitrogens with zero attached hydrogens (tertiary/aromatic N) is 2. The lowest BCUT2D eigenvalue weighted by molar-refractivity contribution is -0.140. The third kappa shape index (κ3) is 8.27. The molecule has 5 rings (SSSR count). The largest absolute Gasteiger partial charge is 0.497 e. The molecular weight excluding hydrogens is 622 g/mol. The van der Waals surface area contributed by atoms with Crippen LogP contribution in [0.1, 0.15) is 36.8 Å². The number of anilines is 1. The quantitative estimate of drug-likeness (QED) is 0.183. The lowest BCUT2D eigenvalue weighted by Crippen LogP contribution is -2.54. The average Bonchev–Trinajstić information content (AvgIpc) is 3.59. The molecule has 4 aromatic rings. The van der Waals surface area contributed by atoms with E-state index in [0.717, 1.165) is 41.1 Å². The zero-order chi connectivity index (χ0) is 32.5. The van der Waals surface area contributed by atoms with Gasteiger partial charge in [-0.3, -0.25) is 13.9 Å². The van der Waals surface area contributed by atoms with Crippen LogP contribution in [0, 0.1) is 0 Å². The summed E-state index contributed by atoms with van der Waals surface area (Å²) in [6.07, 6.45) is 4.12. The molecule has 4 aromatic carbocycles. The molecule has 1 atom stereocenters. The van der Waals surface area contributed by atoms with E-state index in [1.165, 1.54) is 30.2 Å². The van der Waals surface area contributed by atoms with Crippen LogP contribution >= 0.6 is 11.6 Å². The van der Waals surface area contributed by atoms with Gasteiger partial charge in [-0.1, -0.05) is 91.2 Å². The number of nitrogens with one attached hydrogen (secondary N) is 1. The van der Waals surface area contributed by atoms with E-state index >= 15 is 0 Å². The number of hydrogen-bond acceptors (Lipinski definition) is 5. The number of hydrogen-bond donors (Lipinski definition) is 1. The predicted octanol–water partition coefficient (Wildman–Crippen LogP) is 6.24. The first-order valence-corrected chi connectivity index (χ1v) is 17.2. The molecule has 0 aromatic heterocycles. The first-order chi connectivity index (χ1) is 22.2. The summed E-state index contributed by atoms with van der Waals surface area (Å²) in [5.74, 6) is -0.286. The van der Waals surface area contributed by atoms with Crippen molar-refractivity contribution in [3.63, 3.8) is 0 Å². The number of benzene rings is 4. The molecule has 240 valence electrons. The SMILES string of the molecule is COc1ccc(S(=O)(=O)N(CC(=O)N(Cc2ccccc2)C(Cc2ccccc2)C(=O)NC2CCCC2)c2cccc(Cl)c2)cc1. The van der Waals surface area contributed by atoms with Crippen molar-refractivity contribution in [3.8, 4) is 5.75 Å². The van der Waals surface area contributed by atoms with E-state index in [2.05, 4.69) is 5.32 Å². The molecular formula is C36H38ClN3O5S. The summed E-state index contributed by atoms with van der Waals surface area (Å²) in [7, 11) is -2.75. The molecule has 1 aliphatic rings. The Kier molecular flexibility index (Phi) is 11.0. The minimum absolute atomic E-state index is 0.0181. The molecule has 0 aliphatic heterocycles. The van der Waals surface area contributed by atoms with Crippen LogP contribution in [-0.2, 0) is 32.6 Å². The molecule has 1 N–H and O–H groups in total. The number of rotatable bonds is 13. The van der Waals surface area contributed by atoms with E-state index in [9.17, 15) is 18.0 Å². The van der Waals surface area contributed by atoms with Crippen molar-refractivity contribution in [2.45, 2.75) is 55.6 Å². The Morgan fingerprint density at radius 2 is 1.50 bits per heavy atom. The zero-order valence-corrected chi connectivity index (χ0v) is 27.3. The average molecular weight is 660 g/mol. The Balaban J connectivity index is 1.55. The topological polar surface area (TPSA) is 96.0 Å². The minimum atomic E-state index is -4.25. The summed E-state index contributed by atoms with van der Waals surface area (Å²) in [5, 5.41) is 3.50. The fourth-order valence-electron chi connectivity index (χ4n) is 5.74. The highest BCUT2D eigenvalue weighted by Gasteiger charge is 2.35. The van der Waals surface area contributed by atoms with Crippen LogP contribution in [0.15, 0.2) is 114 Å². The van der Waals surface area contributed by atoms with Gasteiger partial charge >= 0.3 is 0 Å². The van der Waals surface area contributed by atoms with Gasteiger partial charge in [-0.15, -0.1) is 0 Å². The fraction of sp³-hybridized carbons (Fsp3) is 0.278. The molecule has 10 heteroatoms. The Morgan fingerprint density at radius 1 is 0.870 bits per heavy atom. The third-order valence-electron chi connectivity index (χ3n) is 8.19. The number of ether oxygens (including phenoxy) is 1.